The highest BCUT2D eigenvalue weighted by Crippen LogP contribution is 2.34. The normalized spacial score (nSPS) is 18.0. The van der Waals surface area contributed by atoms with E-state index in [1.165, 1.54) is 0 Å². The molecule has 26 heavy (non-hydrogen) atoms. The van der Waals surface area contributed by atoms with E-state index >= 15 is 0 Å². The zero-order valence-electron chi connectivity index (χ0n) is 14.4. The Morgan fingerprint density at radius 2 is 2.12 bits per heavy atom. The molecule has 0 aliphatic carbocycles. The zero-order valence-corrected chi connectivity index (χ0v) is 14.4. The van der Waals surface area contributed by atoms with Crippen LogP contribution in [0.2, 0.25) is 0 Å². The second-order valence-corrected chi connectivity index (χ2v) is 6.22. The van der Waals surface area contributed by atoms with Gasteiger partial charge in [-0.2, -0.15) is 0 Å². The standard InChI is InChI=1S/C18H20N4O4/c1-11-20-14(18(23)19-9-13-3-2-6-24-13)8-17(21-11)22-12-4-5-15-16(7-12)26-10-25-15/h4-5,7-8,13H,2-3,6,9-10H2,1H3,(H,19,23)(H,20,21,22). The van der Waals surface area contributed by atoms with Crippen LogP contribution < -0.4 is 20.1 Å². The quantitative estimate of drug-likeness (QED) is 0.848. The van der Waals surface area contributed by atoms with E-state index in [9.17, 15) is 4.79 Å². The Bertz CT molecular complexity index is 821. The summed E-state index contributed by atoms with van der Waals surface area (Å²) in [5.74, 6) is 2.20. The minimum absolute atomic E-state index is 0.0908. The van der Waals surface area contributed by atoms with Gasteiger partial charge in [-0.3, -0.25) is 4.79 Å². The van der Waals surface area contributed by atoms with Crippen LogP contribution in [-0.4, -0.2) is 41.9 Å². The van der Waals surface area contributed by atoms with Gasteiger partial charge in [0.25, 0.3) is 5.91 Å². The molecular weight excluding hydrogens is 336 g/mol. The fraction of sp³-hybridized carbons (Fsp3) is 0.389. The Morgan fingerprint density at radius 3 is 2.96 bits per heavy atom. The molecular formula is C18H20N4O4. The molecule has 1 unspecified atom stereocenters. The van der Waals surface area contributed by atoms with Gasteiger partial charge >= 0.3 is 0 Å². The molecule has 0 radical (unpaired) electrons. The summed E-state index contributed by atoms with van der Waals surface area (Å²) in [5.41, 5.74) is 1.11. The number of aromatic nitrogens is 2. The fourth-order valence-corrected chi connectivity index (χ4v) is 2.97. The molecule has 0 bridgehead atoms. The van der Waals surface area contributed by atoms with Crippen molar-refractivity contribution in [2.24, 2.45) is 0 Å². The van der Waals surface area contributed by atoms with Gasteiger partial charge < -0.3 is 24.8 Å². The third-order valence-electron chi connectivity index (χ3n) is 4.23. The number of nitrogens with zero attached hydrogens (tertiary/aromatic N) is 2. The van der Waals surface area contributed by atoms with E-state index in [2.05, 4.69) is 20.6 Å². The molecule has 8 heteroatoms. The number of carbonyl (C=O) groups excluding carboxylic acids is 1. The van der Waals surface area contributed by atoms with E-state index in [1.54, 1.807) is 13.0 Å². The number of rotatable bonds is 5. The highest BCUT2D eigenvalue weighted by atomic mass is 16.7. The average Bonchev–Trinajstić information content (AvgIpc) is 3.30. The molecule has 2 aliphatic rings. The Kier molecular flexibility index (Phi) is 4.57. The highest BCUT2D eigenvalue weighted by molar-refractivity contribution is 5.93. The number of anilines is 2. The predicted molar refractivity (Wildman–Crippen MR) is 93.9 cm³/mol. The highest BCUT2D eigenvalue weighted by Gasteiger charge is 2.18. The fourth-order valence-electron chi connectivity index (χ4n) is 2.97. The lowest BCUT2D eigenvalue weighted by atomic mass is 10.2. The lowest BCUT2D eigenvalue weighted by Crippen LogP contribution is -2.32. The lowest BCUT2D eigenvalue weighted by Gasteiger charge is -2.12. The molecule has 8 nitrogen and oxygen atoms in total. The number of aryl methyl sites for hydroxylation is 1. The monoisotopic (exact) mass is 356 g/mol. The van der Waals surface area contributed by atoms with Crippen LogP contribution in [0.15, 0.2) is 24.3 Å². The smallest absolute Gasteiger partial charge is 0.270 e. The Hall–Kier alpha value is -2.87. The van der Waals surface area contributed by atoms with Crippen LogP contribution in [0.25, 0.3) is 0 Å². The molecule has 1 saturated heterocycles. The maximum Gasteiger partial charge on any atom is 0.270 e. The molecule has 3 heterocycles. The van der Waals surface area contributed by atoms with Crippen LogP contribution in [0, 0.1) is 6.92 Å². The van der Waals surface area contributed by atoms with Gasteiger partial charge in [-0.25, -0.2) is 9.97 Å². The Morgan fingerprint density at radius 1 is 1.23 bits per heavy atom. The molecule has 1 aromatic heterocycles. The molecule has 136 valence electrons. The van der Waals surface area contributed by atoms with Crippen molar-refractivity contribution in [1.29, 1.82) is 0 Å². The summed E-state index contributed by atoms with van der Waals surface area (Å²) in [6.45, 7) is 3.23. The first-order valence-corrected chi connectivity index (χ1v) is 8.59. The van der Waals surface area contributed by atoms with Crippen molar-refractivity contribution in [2.45, 2.75) is 25.9 Å². The maximum absolute atomic E-state index is 12.4. The first-order chi connectivity index (χ1) is 12.7. The molecule has 0 spiro atoms. The van der Waals surface area contributed by atoms with Crippen LogP contribution in [-0.2, 0) is 4.74 Å². The first kappa shape index (κ1) is 16.6. The van der Waals surface area contributed by atoms with E-state index in [-0.39, 0.29) is 18.8 Å². The van der Waals surface area contributed by atoms with E-state index < -0.39 is 0 Å². The number of hydrogen-bond donors (Lipinski definition) is 2. The SMILES string of the molecule is Cc1nc(Nc2ccc3c(c2)OCO3)cc(C(=O)NCC2CCCO2)n1. The molecule has 1 amide bonds. The van der Waals surface area contributed by atoms with Crippen molar-refractivity contribution in [1.82, 2.24) is 15.3 Å². The summed E-state index contributed by atoms with van der Waals surface area (Å²) in [6.07, 6.45) is 2.10. The maximum atomic E-state index is 12.4. The number of carbonyl (C=O) groups is 1. The van der Waals surface area contributed by atoms with E-state index in [1.807, 2.05) is 18.2 Å². The lowest BCUT2D eigenvalue weighted by molar-refractivity contribution is 0.0853. The Balaban J connectivity index is 1.46. The topological polar surface area (TPSA) is 94.6 Å². The van der Waals surface area contributed by atoms with Crippen molar-refractivity contribution < 1.29 is 19.0 Å². The van der Waals surface area contributed by atoms with Gasteiger partial charge in [0.2, 0.25) is 6.79 Å². The molecule has 0 saturated carbocycles. The van der Waals surface area contributed by atoms with Crippen LogP contribution >= 0.6 is 0 Å². The van der Waals surface area contributed by atoms with Gasteiger partial charge in [0.05, 0.1) is 6.10 Å². The molecule has 2 N–H and O–H groups in total. The van der Waals surface area contributed by atoms with Crippen molar-refractivity contribution >= 4 is 17.4 Å². The average molecular weight is 356 g/mol. The molecule has 2 aromatic rings. The molecule has 1 fully saturated rings. The van der Waals surface area contributed by atoms with Crippen molar-refractivity contribution in [3.8, 4) is 11.5 Å². The summed E-state index contributed by atoms with van der Waals surface area (Å²) < 4.78 is 16.2. The number of ether oxygens (including phenoxy) is 3. The van der Waals surface area contributed by atoms with Crippen molar-refractivity contribution in [2.75, 3.05) is 25.3 Å². The second-order valence-electron chi connectivity index (χ2n) is 6.22. The minimum Gasteiger partial charge on any atom is -0.454 e. The number of nitrogens with one attached hydrogen (secondary N) is 2. The third-order valence-corrected chi connectivity index (χ3v) is 4.23. The molecule has 2 aliphatic heterocycles. The Labute approximate surface area is 150 Å². The zero-order chi connectivity index (χ0) is 17.9. The van der Waals surface area contributed by atoms with Gasteiger partial charge in [0.15, 0.2) is 11.5 Å². The first-order valence-electron chi connectivity index (χ1n) is 8.59. The number of fused-ring (bicyclic) bond motifs is 1. The summed E-state index contributed by atoms with van der Waals surface area (Å²) >= 11 is 0. The van der Waals surface area contributed by atoms with Gasteiger partial charge in [0.1, 0.15) is 17.3 Å². The van der Waals surface area contributed by atoms with E-state index in [4.69, 9.17) is 14.2 Å². The summed E-state index contributed by atoms with van der Waals surface area (Å²) in [7, 11) is 0. The molecule has 1 aromatic carbocycles. The summed E-state index contributed by atoms with van der Waals surface area (Å²) in [5, 5.41) is 6.05. The number of hydrogen-bond acceptors (Lipinski definition) is 7. The van der Waals surface area contributed by atoms with Crippen molar-refractivity contribution in [3.05, 3.63) is 35.8 Å². The van der Waals surface area contributed by atoms with Gasteiger partial charge in [-0.05, 0) is 31.9 Å². The summed E-state index contributed by atoms with van der Waals surface area (Å²) in [4.78, 5) is 21.0. The van der Waals surface area contributed by atoms with Crippen LogP contribution in [0.5, 0.6) is 11.5 Å². The summed E-state index contributed by atoms with van der Waals surface area (Å²) in [6, 6.07) is 7.15. The van der Waals surface area contributed by atoms with Crippen LogP contribution in [0.3, 0.4) is 0 Å². The van der Waals surface area contributed by atoms with Gasteiger partial charge in [-0.15, -0.1) is 0 Å². The van der Waals surface area contributed by atoms with Crippen molar-refractivity contribution in [3.63, 3.8) is 0 Å². The van der Waals surface area contributed by atoms with E-state index in [0.717, 1.165) is 25.1 Å². The van der Waals surface area contributed by atoms with Crippen LogP contribution in [0.4, 0.5) is 11.5 Å². The third kappa shape index (κ3) is 3.70. The van der Waals surface area contributed by atoms with Gasteiger partial charge in [0, 0.05) is 31.0 Å². The molecule has 1 atom stereocenters. The largest absolute Gasteiger partial charge is 0.454 e. The predicted octanol–water partition coefficient (Wildman–Crippen LogP) is 2.17. The molecule has 4 rings (SSSR count). The van der Waals surface area contributed by atoms with E-state index in [0.29, 0.717) is 35.4 Å². The number of amides is 1. The second kappa shape index (κ2) is 7.17. The van der Waals surface area contributed by atoms with Gasteiger partial charge in [-0.1, -0.05) is 0 Å². The minimum atomic E-state index is -0.236. The number of benzene rings is 1. The van der Waals surface area contributed by atoms with Crippen LogP contribution in [0.1, 0.15) is 29.2 Å².